The van der Waals surface area contributed by atoms with Gasteiger partial charge in [-0.25, -0.2) is 0 Å². The SMILES string of the molecule is CCNC1COCC1C(=O)Cc1cc(Cl)ccc1OC. The fourth-order valence-electron chi connectivity index (χ4n) is 2.54. The Morgan fingerprint density at radius 1 is 1.50 bits per heavy atom. The van der Waals surface area contributed by atoms with Gasteiger partial charge in [0.05, 0.1) is 26.2 Å². The zero-order valence-corrected chi connectivity index (χ0v) is 12.6. The molecule has 20 heavy (non-hydrogen) atoms. The van der Waals surface area contributed by atoms with Gasteiger partial charge >= 0.3 is 0 Å². The monoisotopic (exact) mass is 297 g/mol. The Labute approximate surface area is 124 Å². The highest BCUT2D eigenvalue weighted by Crippen LogP contribution is 2.25. The van der Waals surface area contributed by atoms with Gasteiger partial charge in [-0.15, -0.1) is 0 Å². The van der Waals surface area contributed by atoms with Crippen LogP contribution in [0.15, 0.2) is 18.2 Å². The van der Waals surface area contributed by atoms with E-state index in [9.17, 15) is 4.79 Å². The van der Waals surface area contributed by atoms with Crippen LogP contribution in [0.5, 0.6) is 5.75 Å². The van der Waals surface area contributed by atoms with Crippen molar-refractivity contribution in [2.45, 2.75) is 19.4 Å². The van der Waals surface area contributed by atoms with Crippen molar-refractivity contribution in [2.75, 3.05) is 26.9 Å². The quantitative estimate of drug-likeness (QED) is 0.873. The number of hydrogen-bond acceptors (Lipinski definition) is 4. The number of nitrogens with one attached hydrogen (secondary N) is 1. The summed E-state index contributed by atoms with van der Waals surface area (Å²) in [5, 5.41) is 3.91. The number of ether oxygens (including phenoxy) is 2. The van der Waals surface area contributed by atoms with E-state index in [1.165, 1.54) is 0 Å². The number of hydrogen-bond donors (Lipinski definition) is 1. The van der Waals surface area contributed by atoms with Crippen molar-refractivity contribution >= 4 is 17.4 Å². The predicted molar refractivity (Wildman–Crippen MR) is 78.5 cm³/mol. The van der Waals surface area contributed by atoms with Crippen LogP contribution >= 0.6 is 11.6 Å². The summed E-state index contributed by atoms with van der Waals surface area (Å²) in [6.07, 6.45) is 0.319. The van der Waals surface area contributed by atoms with E-state index in [4.69, 9.17) is 21.1 Å². The summed E-state index contributed by atoms with van der Waals surface area (Å²) in [4.78, 5) is 12.5. The average Bonchev–Trinajstić information content (AvgIpc) is 2.88. The summed E-state index contributed by atoms with van der Waals surface area (Å²) in [5.74, 6) is 0.759. The van der Waals surface area contributed by atoms with Crippen molar-refractivity contribution in [1.82, 2.24) is 5.32 Å². The minimum atomic E-state index is -0.0985. The van der Waals surface area contributed by atoms with Gasteiger partial charge in [0, 0.05) is 23.0 Å². The molecule has 1 aliphatic heterocycles. The van der Waals surface area contributed by atoms with Crippen LogP contribution in [0.3, 0.4) is 0 Å². The van der Waals surface area contributed by atoms with E-state index < -0.39 is 0 Å². The lowest BCUT2D eigenvalue weighted by atomic mass is 9.93. The Balaban J connectivity index is 2.09. The third kappa shape index (κ3) is 3.51. The van der Waals surface area contributed by atoms with E-state index in [0.717, 1.165) is 12.1 Å². The number of rotatable bonds is 6. The van der Waals surface area contributed by atoms with Crippen LogP contribution < -0.4 is 10.1 Å². The first kappa shape index (κ1) is 15.3. The molecule has 0 saturated carbocycles. The van der Waals surface area contributed by atoms with Gasteiger partial charge in [0.25, 0.3) is 0 Å². The first-order chi connectivity index (χ1) is 9.65. The third-order valence-electron chi connectivity index (χ3n) is 3.57. The molecule has 2 unspecified atom stereocenters. The number of carbonyl (C=O) groups is 1. The topological polar surface area (TPSA) is 47.6 Å². The van der Waals surface area contributed by atoms with E-state index in [0.29, 0.717) is 30.4 Å². The first-order valence-corrected chi connectivity index (χ1v) is 7.19. The molecule has 1 aromatic carbocycles. The zero-order chi connectivity index (χ0) is 14.5. The number of ketones is 1. The lowest BCUT2D eigenvalue weighted by Gasteiger charge is -2.17. The van der Waals surface area contributed by atoms with Gasteiger partial charge in [-0.2, -0.15) is 0 Å². The summed E-state index contributed by atoms with van der Waals surface area (Å²) >= 11 is 5.99. The predicted octanol–water partition coefficient (Wildman–Crippen LogP) is 2.08. The largest absolute Gasteiger partial charge is 0.496 e. The molecule has 110 valence electrons. The molecule has 1 heterocycles. The minimum absolute atomic E-state index is 0.0985. The summed E-state index contributed by atoms with van der Waals surface area (Å²) in [5.41, 5.74) is 0.826. The lowest BCUT2D eigenvalue weighted by Crippen LogP contribution is -2.39. The summed E-state index contributed by atoms with van der Waals surface area (Å²) in [6.45, 7) is 3.94. The molecule has 1 N–H and O–H groups in total. The van der Waals surface area contributed by atoms with Crippen molar-refractivity contribution in [2.24, 2.45) is 5.92 Å². The molecule has 0 spiro atoms. The molecule has 4 nitrogen and oxygen atoms in total. The highest BCUT2D eigenvalue weighted by atomic mass is 35.5. The Morgan fingerprint density at radius 2 is 2.30 bits per heavy atom. The van der Waals surface area contributed by atoms with E-state index >= 15 is 0 Å². The van der Waals surface area contributed by atoms with Crippen LogP contribution in [0, 0.1) is 5.92 Å². The van der Waals surface area contributed by atoms with Crippen LogP contribution in [-0.2, 0) is 16.0 Å². The van der Waals surface area contributed by atoms with Gasteiger partial charge in [-0.1, -0.05) is 18.5 Å². The van der Waals surface area contributed by atoms with E-state index in [1.54, 1.807) is 25.3 Å². The smallest absolute Gasteiger partial charge is 0.144 e. The van der Waals surface area contributed by atoms with Crippen molar-refractivity contribution in [3.8, 4) is 5.75 Å². The lowest BCUT2D eigenvalue weighted by molar-refractivity contribution is -0.122. The van der Waals surface area contributed by atoms with E-state index in [-0.39, 0.29) is 17.7 Å². The number of benzene rings is 1. The van der Waals surface area contributed by atoms with Gasteiger partial charge in [0.15, 0.2) is 0 Å². The maximum Gasteiger partial charge on any atom is 0.144 e. The van der Waals surface area contributed by atoms with Crippen molar-refractivity contribution in [3.63, 3.8) is 0 Å². The van der Waals surface area contributed by atoms with Crippen molar-refractivity contribution < 1.29 is 14.3 Å². The standard InChI is InChI=1S/C15H20ClNO3/c1-3-17-13-9-20-8-12(13)14(18)7-10-6-11(16)4-5-15(10)19-2/h4-6,12-13,17H,3,7-9H2,1-2H3. The van der Waals surface area contributed by atoms with Crippen LogP contribution in [0.1, 0.15) is 12.5 Å². The molecule has 0 amide bonds. The fourth-order valence-corrected chi connectivity index (χ4v) is 2.73. The van der Waals surface area contributed by atoms with Crippen molar-refractivity contribution in [3.05, 3.63) is 28.8 Å². The Bertz CT molecular complexity index is 478. The van der Waals surface area contributed by atoms with Gasteiger partial charge < -0.3 is 14.8 Å². The molecule has 0 radical (unpaired) electrons. The molecule has 0 bridgehead atoms. The molecular formula is C15H20ClNO3. The van der Waals surface area contributed by atoms with Gasteiger partial charge in [-0.3, -0.25) is 4.79 Å². The average molecular weight is 298 g/mol. The number of methoxy groups -OCH3 is 1. The normalized spacial score (nSPS) is 21.9. The number of carbonyl (C=O) groups excluding carboxylic acids is 1. The second kappa shape index (κ2) is 7.07. The summed E-state index contributed by atoms with van der Waals surface area (Å²) < 4.78 is 10.7. The second-order valence-electron chi connectivity index (χ2n) is 4.91. The molecule has 0 aliphatic carbocycles. The molecule has 2 rings (SSSR count). The number of Topliss-reactive ketones (excluding diaryl/α,β-unsaturated/α-hetero) is 1. The molecule has 0 aromatic heterocycles. The fraction of sp³-hybridized carbons (Fsp3) is 0.533. The Morgan fingerprint density at radius 3 is 3.00 bits per heavy atom. The molecule has 1 fully saturated rings. The highest BCUT2D eigenvalue weighted by molar-refractivity contribution is 6.30. The second-order valence-corrected chi connectivity index (χ2v) is 5.34. The third-order valence-corrected chi connectivity index (χ3v) is 3.80. The van der Waals surface area contributed by atoms with E-state index in [2.05, 4.69) is 5.32 Å². The number of likely N-dealkylation sites (N-methyl/N-ethyl adjacent to an activating group) is 1. The molecule has 1 aliphatic rings. The van der Waals surface area contributed by atoms with E-state index in [1.807, 2.05) is 6.92 Å². The maximum absolute atomic E-state index is 12.5. The Hall–Kier alpha value is -1.10. The maximum atomic E-state index is 12.5. The first-order valence-electron chi connectivity index (χ1n) is 6.82. The van der Waals surface area contributed by atoms with Gasteiger partial charge in [0.1, 0.15) is 11.5 Å². The molecule has 2 atom stereocenters. The van der Waals surface area contributed by atoms with Crippen LogP contribution in [-0.4, -0.2) is 38.7 Å². The number of halogens is 1. The zero-order valence-electron chi connectivity index (χ0n) is 11.8. The molecule has 1 saturated heterocycles. The van der Waals surface area contributed by atoms with Crippen LogP contribution in [0.2, 0.25) is 5.02 Å². The van der Waals surface area contributed by atoms with Crippen molar-refractivity contribution in [1.29, 1.82) is 0 Å². The summed E-state index contributed by atoms with van der Waals surface area (Å²) in [7, 11) is 1.59. The molecular weight excluding hydrogens is 278 g/mol. The van der Waals surface area contributed by atoms with Gasteiger partial charge in [0.2, 0.25) is 0 Å². The van der Waals surface area contributed by atoms with Gasteiger partial charge in [-0.05, 0) is 24.7 Å². The molecule has 5 heteroatoms. The van der Waals surface area contributed by atoms with Crippen LogP contribution in [0.25, 0.3) is 0 Å². The molecule has 1 aromatic rings. The van der Waals surface area contributed by atoms with Crippen LogP contribution in [0.4, 0.5) is 0 Å². The summed E-state index contributed by atoms with van der Waals surface area (Å²) in [6, 6.07) is 5.44. The highest BCUT2D eigenvalue weighted by Gasteiger charge is 2.33. The Kier molecular flexibility index (Phi) is 5.40. The minimum Gasteiger partial charge on any atom is -0.496 e.